The summed E-state index contributed by atoms with van der Waals surface area (Å²) >= 11 is 1.52. The summed E-state index contributed by atoms with van der Waals surface area (Å²) in [5, 5.41) is 0.638. The number of aromatic nitrogens is 2. The van der Waals surface area contributed by atoms with E-state index in [0.29, 0.717) is 16.1 Å². The zero-order chi connectivity index (χ0) is 17.4. The Labute approximate surface area is 148 Å². The van der Waals surface area contributed by atoms with E-state index in [1.54, 1.807) is 6.92 Å². The molecule has 0 amide bonds. The molecule has 1 aliphatic rings. The van der Waals surface area contributed by atoms with Crippen molar-refractivity contribution in [1.82, 2.24) is 9.97 Å². The Morgan fingerprint density at radius 1 is 1.36 bits per heavy atom. The fourth-order valence-corrected chi connectivity index (χ4v) is 4.79. The van der Waals surface area contributed by atoms with Crippen molar-refractivity contribution >= 4 is 27.5 Å². The number of aryl methyl sites for hydroxylation is 1. The highest BCUT2D eigenvalue weighted by molar-refractivity contribution is 7.18. The number of rotatable bonds is 3. The van der Waals surface area contributed by atoms with Gasteiger partial charge in [0.1, 0.15) is 4.83 Å². The number of carbonyl (C=O) groups is 1. The minimum Gasteiger partial charge on any atom is -0.460 e. The van der Waals surface area contributed by atoms with E-state index >= 15 is 0 Å². The monoisotopic (exact) mass is 354 g/mol. The second-order valence-electron chi connectivity index (χ2n) is 6.17. The van der Waals surface area contributed by atoms with Crippen molar-refractivity contribution < 1.29 is 9.53 Å². The van der Waals surface area contributed by atoms with Crippen LogP contribution in [-0.4, -0.2) is 22.5 Å². The summed E-state index contributed by atoms with van der Waals surface area (Å²) in [6, 6.07) is 10.5. The lowest BCUT2D eigenvalue weighted by atomic mass is 9.83. The van der Waals surface area contributed by atoms with Crippen LogP contribution in [0.2, 0.25) is 0 Å². The van der Waals surface area contributed by atoms with Crippen molar-refractivity contribution in [2.45, 2.75) is 32.1 Å². The molecule has 1 aromatic carbocycles. The Kier molecular flexibility index (Phi) is 4.13. The van der Waals surface area contributed by atoms with E-state index in [9.17, 15) is 9.59 Å². The molecule has 0 saturated carbocycles. The molecule has 1 unspecified atom stereocenters. The number of nitrogens with one attached hydrogen (secondary N) is 1. The lowest BCUT2D eigenvalue weighted by Crippen LogP contribution is -2.18. The zero-order valence-electron chi connectivity index (χ0n) is 13.9. The van der Waals surface area contributed by atoms with Crippen LogP contribution < -0.4 is 5.56 Å². The molecule has 0 aliphatic heterocycles. The Morgan fingerprint density at radius 2 is 2.16 bits per heavy atom. The molecule has 6 heteroatoms. The van der Waals surface area contributed by atoms with E-state index in [4.69, 9.17) is 4.74 Å². The normalized spacial score (nSPS) is 16.6. The molecule has 3 aromatic rings. The highest BCUT2D eigenvalue weighted by atomic mass is 32.1. The third-order valence-corrected chi connectivity index (χ3v) is 5.81. The SMILES string of the molecule is CCOC(=O)c1nc2sc3c(c2c(=O)[nH]1)CCC(c1ccccc1)C3. The first-order valence-corrected chi connectivity index (χ1v) is 9.25. The number of benzene rings is 1. The van der Waals surface area contributed by atoms with Gasteiger partial charge in [0.25, 0.3) is 5.56 Å². The predicted octanol–water partition coefficient (Wildman–Crippen LogP) is 3.43. The minimum absolute atomic E-state index is 0.0162. The molecule has 1 aliphatic carbocycles. The van der Waals surface area contributed by atoms with Crippen LogP contribution >= 0.6 is 11.3 Å². The Bertz CT molecular complexity index is 991. The van der Waals surface area contributed by atoms with Crippen molar-refractivity contribution in [3.8, 4) is 0 Å². The van der Waals surface area contributed by atoms with Crippen molar-refractivity contribution in [3.05, 3.63) is 62.5 Å². The summed E-state index contributed by atoms with van der Waals surface area (Å²) in [7, 11) is 0. The average Bonchev–Trinajstić information content (AvgIpc) is 3.00. The lowest BCUT2D eigenvalue weighted by molar-refractivity contribution is 0.0512. The first kappa shape index (κ1) is 16.0. The van der Waals surface area contributed by atoms with Gasteiger partial charge in [-0.1, -0.05) is 30.3 Å². The highest BCUT2D eigenvalue weighted by Gasteiger charge is 2.26. The smallest absolute Gasteiger partial charge is 0.374 e. The van der Waals surface area contributed by atoms with Gasteiger partial charge in [-0.05, 0) is 43.2 Å². The summed E-state index contributed by atoms with van der Waals surface area (Å²) < 4.78 is 4.94. The van der Waals surface area contributed by atoms with E-state index < -0.39 is 5.97 Å². The summed E-state index contributed by atoms with van der Waals surface area (Å²) in [4.78, 5) is 33.1. The van der Waals surface area contributed by atoms with E-state index in [1.807, 2.05) is 6.07 Å². The van der Waals surface area contributed by atoms with Gasteiger partial charge < -0.3 is 9.72 Å². The van der Waals surface area contributed by atoms with Gasteiger partial charge in [-0.25, -0.2) is 9.78 Å². The molecule has 0 radical (unpaired) electrons. The number of ether oxygens (including phenoxy) is 1. The Balaban J connectivity index is 1.74. The molecule has 0 bridgehead atoms. The van der Waals surface area contributed by atoms with Crippen LogP contribution in [0, 0.1) is 0 Å². The van der Waals surface area contributed by atoms with E-state index in [1.165, 1.54) is 21.8 Å². The quantitative estimate of drug-likeness (QED) is 0.732. The topological polar surface area (TPSA) is 72.0 Å². The second kappa shape index (κ2) is 6.44. The number of fused-ring (bicyclic) bond motifs is 3. The number of carbonyl (C=O) groups excluding carboxylic acids is 1. The summed E-state index contributed by atoms with van der Waals surface area (Å²) in [6.07, 6.45) is 2.79. The van der Waals surface area contributed by atoms with Crippen LogP contribution in [0.5, 0.6) is 0 Å². The van der Waals surface area contributed by atoms with Gasteiger partial charge >= 0.3 is 5.97 Å². The van der Waals surface area contributed by atoms with Crippen molar-refractivity contribution in [3.63, 3.8) is 0 Å². The van der Waals surface area contributed by atoms with Crippen LogP contribution in [0.15, 0.2) is 35.1 Å². The van der Waals surface area contributed by atoms with Crippen LogP contribution in [0.1, 0.15) is 45.9 Å². The zero-order valence-corrected chi connectivity index (χ0v) is 14.7. The fourth-order valence-electron chi connectivity index (χ4n) is 3.49. The maximum absolute atomic E-state index is 12.5. The molecular formula is C19H18N2O3S. The van der Waals surface area contributed by atoms with Gasteiger partial charge in [-0.3, -0.25) is 4.79 Å². The molecular weight excluding hydrogens is 336 g/mol. The molecule has 0 saturated heterocycles. The number of aromatic amines is 1. The summed E-state index contributed by atoms with van der Waals surface area (Å²) in [5.41, 5.74) is 2.18. The number of esters is 1. The lowest BCUT2D eigenvalue weighted by Gasteiger charge is -2.22. The van der Waals surface area contributed by atoms with Gasteiger partial charge in [0, 0.05) is 4.88 Å². The van der Waals surface area contributed by atoms with Crippen molar-refractivity contribution in [1.29, 1.82) is 0 Å². The standard InChI is InChI=1S/C19H18N2O3S/c1-2-24-19(23)16-20-17(22)15-13-9-8-12(11-6-4-3-5-7-11)10-14(13)25-18(15)21-16/h3-7,12H,2,8-10H2,1H3,(H,20,21,22). The number of hydrogen-bond donors (Lipinski definition) is 1. The number of nitrogens with zero attached hydrogens (tertiary/aromatic N) is 1. The van der Waals surface area contributed by atoms with Crippen molar-refractivity contribution in [2.75, 3.05) is 6.61 Å². The van der Waals surface area contributed by atoms with E-state index in [0.717, 1.165) is 24.8 Å². The molecule has 1 atom stereocenters. The molecule has 128 valence electrons. The van der Waals surface area contributed by atoms with Gasteiger partial charge in [0.2, 0.25) is 5.82 Å². The van der Waals surface area contributed by atoms with Crippen LogP contribution in [-0.2, 0) is 17.6 Å². The molecule has 0 fully saturated rings. The minimum atomic E-state index is -0.588. The first-order chi connectivity index (χ1) is 12.2. The first-order valence-electron chi connectivity index (χ1n) is 8.44. The van der Waals surface area contributed by atoms with Gasteiger partial charge in [-0.2, -0.15) is 0 Å². The summed E-state index contributed by atoms with van der Waals surface area (Å²) in [5.74, 6) is -0.141. The molecule has 1 N–H and O–H groups in total. The van der Waals surface area contributed by atoms with E-state index in [-0.39, 0.29) is 18.0 Å². The maximum Gasteiger partial charge on any atom is 0.374 e. The maximum atomic E-state index is 12.5. The van der Waals surface area contributed by atoms with E-state index in [2.05, 4.69) is 34.2 Å². The number of hydrogen-bond acceptors (Lipinski definition) is 5. The Hall–Kier alpha value is -2.47. The molecule has 5 nitrogen and oxygen atoms in total. The molecule has 2 heterocycles. The van der Waals surface area contributed by atoms with Crippen molar-refractivity contribution in [2.24, 2.45) is 0 Å². The average molecular weight is 354 g/mol. The van der Waals surface area contributed by atoms with Gasteiger partial charge in [0.15, 0.2) is 0 Å². The number of H-pyrrole nitrogens is 1. The molecule has 2 aromatic heterocycles. The Morgan fingerprint density at radius 3 is 2.92 bits per heavy atom. The highest BCUT2D eigenvalue weighted by Crippen LogP contribution is 2.39. The largest absolute Gasteiger partial charge is 0.460 e. The third kappa shape index (κ3) is 2.87. The summed E-state index contributed by atoms with van der Waals surface area (Å²) in [6.45, 7) is 1.97. The number of thiophene rings is 1. The third-order valence-electron chi connectivity index (χ3n) is 4.66. The van der Waals surface area contributed by atoms with Gasteiger partial charge in [-0.15, -0.1) is 11.3 Å². The molecule has 25 heavy (non-hydrogen) atoms. The predicted molar refractivity (Wildman–Crippen MR) is 97.4 cm³/mol. The molecule has 0 spiro atoms. The molecule has 4 rings (SSSR count). The van der Waals surface area contributed by atoms with Crippen LogP contribution in [0.4, 0.5) is 0 Å². The van der Waals surface area contributed by atoms with Gasteiger partial charge in [0.05, 0.1) is 12.0 Å². The second-order valence-corrected chi connectivity index (χ2v) is 7.25. The van der Waals surface area contributed by atoms with Crippen LogP contribution in [0.3, 0.4) is 0 Å². The van der Waals surface area contributed by atoms with Crippen LogP contribution in [0.25, 0.3) is 10.2 Å². The fraction of sp³-hybridized carbons (Fsp3) is 0.316.